The first-order chi connectivity index (χ1) is 12.5. The molecule has 7 nitrogen and oxygen atoms in total. The Morgan fingerprint density at radius 2 is 1.92 bits per heavy atom. The Morgan fingerprint density at radius 1 is 1.15 bits per heavy atom. The first kappa shape index (κ1) is 17.6. The number of benzene rings is 1. The number of fused-ring (bicyclic) bond motifs is 1. The van der Waals surface area contributed by atoms with E-state index in [9.17, 15) is 14.4 Å². The first-order valence-corrected chi connectivity index (χ1v) is 8.38. The molecule has 1 atom stereocenters. The van der Waals surface area contributed by atoms with Crippen LogP contribution in [-0.4, -0.2) is 28.7 Å². The molecule has 0 fully saturated rings. The summed E-state index contributed by atoms with van der Waals surface area (Å²) < 4.78 is 0. The minimum absolute atomic E-state index is 0.0510. The number of anilines is 1. The summed E-state index contributed by atoms with van der Waals surface area (Å²) >= 11 is 0. The van der Waals surface area contributed by atoms with Crippen LogP contribution in [0.25, 0.3) is 0 Å². The van der Waals surface area contributed by atoms with E-state index in [0.29, 0.717) is 5.56 Å². The molecule has 7 heteroatoms. The lowest BCUT2D eigenvalue weighted by Gasteiger charge is -2.22. The molecule has 0 bridgehead atoms. The van der Waals surface area contributed by atoms with Gasteiger partial charge >= 0.3 is 11.8 Å². The Bertz CT molecular complexity index is 836. The van der Waals surface area contributed by atoms with Gasteiger partial charge < -0.3 is 15.5 Å². The lowest BCUT2D eigenvalue weighted by Crippen LogP contribution is -2.45. The van der Waals surface area contributed by atoms with Crippen molar-refractivity contribution in [2.24, 2.45) is 0 Å². The number of carbonyl (C=O) groups excluding carboxylic acids is 3. The molecule has 134 valence electrons. The van der Waals surface area contributed by atoms with Crippen molar-refractivity contribution >= 4 is 23.4 Å². The lowest BCUT2D eigenvalue weighted by atomic mass is 10.1. The molecule has 2 N–H and O–H groups in total. The van der Waals surface area contributed by atoms with Gasteiger partial charge in [-0.1, -0.05) is 24.3 Å². The van der Waals surface area contributed by atoms with E-state index in [1.807, 2.05) is 26.0 Å². The summed E-state index contributed by atoms with van der Waals surface area (Å²) in [6.45, 7) is 3.99. The van der Waals surface area contributed by atoms with Gasteiger partial charge in [-0.25, -0.2) is 0 Å². The predicted octanol–water partition coefficient (Wildman–Crippen LogP) is 1.31. The highest BCUT2D eigenvalue weighted by Gasteiger charge is 2.39. The Balaban J connectivity index is 1.69. The maximum Gasteiger partial charge on any atom is 0.310 e. The highest BCUT2D eigenvalue weighted by Crippen LogP contribution is 2.36. The normalized spacial score (nSPS) is 15.7. The third kappa shape index (κ3) is 3.42. The molecule has 0 saturated carbocycles. The maximum absolute atomic E-state index is 12.7. The van der Waals surface area contributed by atoms with Gasteiger partial charge in [-0.2, -0.15) is 0 Å². The predicted molar refractivity (Wildman–Crippen MR) is 96.0 cm³/mol. The van der Waals surface area contributed by atoms with E-state index in [1.54, 1.807) is 41.6 Å². The van der Waals surface area contributed by atoms with Crippen molar-refractivity contribution in [1.29, 1.82) is 0 Å². The second-order valence-electron chi connectivity index (χ2n) is 6.31. The fourth-order valence-electron chi connectivity index (χ4n) is 2.98. The van der Waals surface area contributed by atoms with Crippen LogP contribution in [-0.2, 0) is 20.9 Å². The van der Waals surface area contributed by atoms with Crippen molar-refractivity contribution in [3.63, 3.8) is 0 Å². The number of para-hydroxylation sites is 1. The van der Waals surface area contributed by atoms with Gasteiger partial charge in [0.1, 0.15) is 6.04 Å². The summed E-state index contributed by atoms with van der Waals surface area (Å²) in [4.78, 5) is 42.6. The van der Waals surface area contributed by atoms with E-state index in [0.717, 1.165) is 11.3 Å². The number of nitrogens with one attached hydrogen (secondary N) is 2. The highest BCUT2D eigenvalue weighted by molar-refractivity contribution is 6.35. The maximum atomic E-state index is 12.7. The Morgan fingerprint density at radius 3 is 2.62 bits per heavy atom. The number of rotatable bonds is 4. The molecule has 1 aliphatic heterocycles. The van der Waals surface area contributed by atoms with Gasteiger partial charge in [-0.05, 0) is 31.5 Å². The van der Waals surface area contributed by atoms with Crippen molar-refractivity contribution in [1.82, 2.24) is 15.6 Å². The van der Waals surface area contributed by atoms with Crippen LogP contribution >= 0.6 is 0 Å². The zero-order valence-corrected chi connectivity index (χ0v) is 14.6. The number of hydrogen-bond acceptors (Lipinski definition) is 4. The van der Waals surface area contributed by atoms with Crippen LogP contribution in [0, 0.1) is 0 Å². The topological polar surface area (TPSA) is 91.4 Å². The van der Waals surface area contributed by atoms with Crippen LogP contribution in [0.15, 0.2) is 48.8 Å². The van der Waals surface area contributed by atoms with Gasteiger partial charge in [-0.15, -0.1) is 0 Å². The van der Waals surface area contributed by atoms with Gasteiger partial charge in [0.05, 0.1) is 0 Å². The molecule has 0 radical (unpaired) electrons. The zero-order valence-electron chi connectivity index (χ0n) is 14.6. The molecule has 26 heavy (non-hydrogen) atoms. The SMILES string of the molecule is CC(C)N1C(=O)[C@@H](NC(=O)C(=O)NCc2cccnc2)c2ccccc21. The number of pyridine rings is 1. The van der Waals surface area contributed by atoms with Gasteiger partial charge in [0.25, 0.3) is 5.91 Å². The van der Waals surface area contributed by atoms with Gasteiger partial charge in [0.15, 0.2) is 0 Å². The van der Waals surface area contributed by atoms with Crippen LogP contribution in [0.5, 0.6) is 0 Å². The third-order valence-corrected chi connectivity index (χ3v) is 4.17. The van der Waals surface area contributed by atoms with Crippen LogP contribution in [0.3, 0.4) is 0 Å². The van der Waals surface area contributed by atoms with Gasteiger partial charge in [0, 0.05) is 36.2 Å². The lowest BCUT2D eigenvalue weighted by molar-refractivity contribution is -0.140. The van der Waals surface area contributed by atoms with E-state index in [4.69, 9.17) is 0 Å². The fraction of sp³-hybridized carbons (Fsp3) is 0.263. The second-order valence-corrected chi connectivity index (χ2v) is 6.31. The van der Waals surface area contributed by atoms with Gasteiger partial charge in [-0.3, -0.25) is 19.4 Å². The van der Waals surface area contributed by atoms with E-state index in [2.05, 4.69) is 15.6 Å². The molecule has 1 aliphatic rings. The molecule has 2 aromatic rings. The zero-order chi connectivity index (χ0) is 18.7. The minimum Gasteiger partial charge on any atom is -0.344 e. The Labute approximate surface area is 151 Å². The summed E-state index contributed by atoms with van der Waals surface area (Å²) in [6, 6.07) is 9.90. The highest BCUT2D eigenvalue weighted by atomic mass is 16.2. The molecule has 3 amide bonds. The van der Waals surface area contributed by atoms with Crippen LogP contribution in [0.2, 0.25) is 0 Å². The Hall–Kier alpha value is -3.22. The van der Waals surface area contributed by atoms with E-state index >= 15 is 0 Å². The third-order valence-electron chi connectivity index (χ3n) is 4.17. The van der Waals surface area contributed by atoms with Crippen LogP contribution in [0.4, 0.5) is 5.69 Å². The first-order valence-electron chi connectivity index (χ1n) is 8.38. The van der Waals surface area contributed by atoms with Crippen molar-refractivity contribution in [3.8, 4) is 0 Å². The molecule has 1 aromatic carbocycles. The summed E-state index contributed by atoms with van der Waals surface area (Å²) in [5, 5.41) is 5.08. The molecule has 0 unspecified atom stereocenters. The monoisotopic (exact) mass is 352 g/mol. The van der Waals surface area contributed by atoms with Crippen LogP contribution < -0.4 is 15.5 Å². The second kappa shape index (κ2) is 7.35. The van der Waals surface area contributed by atoms with Crippen molar-refractivity contribution < 1.29 is 14.4 Å². The number of carbonyl (C=O) groups is 3. The van der Waals surface area contributed by atoms with E-state index < -0.39 is 17.9 Å². The molecule has 2 heterocycles. The van der Waals surface area contributed by atoms with Crippen molar-refractivity contribution in [2.75, 3.05) is 4.90 Å². The molecular formula is C19H20N4O3. The van der Waals surface area contributed by atoms with E-state index in [1.165, 1.54) is 0 Å². The summed E-state index contributed by atoms with van der Waals surface area (Å²) in [5.74, 6) is -1.87. The van der Waals surface area contributed by atoms with E-state index in [-0.39, 0.29) is 18.5 Å². The van der Waals surface area contributed by atoms with Crippen molar-refractivity contribution in [3.05, 3.63) is 59.9 Å². The average molecular weight is 352 g/mol. The summed E-state index contributed by atoms with van der Waals surface area (Å²) in [5.41, 5.74) is 2.23. The standard InChI is InChI=1S/C19H20N4O3/c1-12(2)23-15-8-4-3-7-14(15)16(19(23)26)22-18(25)17(24)21-11-13-6-5-9-20-10-13/h3-10,12,16H,11H2,1-2H3,(H,21,24)(H,22,25)/t16-/m0/s1. The van der Waals surface area contributed by atoms with Gasteiger partial charge in [0.2, 0.25) is 0 Å². The number of hydrogen-bond donors (Lipinski definition) is 2. The summed E-state index contributed by atoms with van der Waals surface area (Å²) in [7, 11) is 0. The number of amides is 3. The van der Waals surface area contributed by atoms with Crippen molar-refractivity contribution in [2.45, 2.75) is 32.5 Å². The molecule has 0 saturated heterocycles. The molecule has 1 aromatic heterocycles. The molecule has 3 rings (SSSR count). The average Bonchev–Trinajstić information content (AvgIpc) is 2.92. The largest absolute Gasteiger partial charge is 0.344 e. The Kier molecular flexibility index (Phi) is 4.97. The summed E-state index contributed by atoms with van der Waals surface area (Å²) in [6.07, 6.45) is 3.23. The quantitative estimate of drug-likeness (QED) is 0.812. The minimum atomic E-state index is -0.856. The number of nitrogens with zero attached hydrogens (tertiary/aromatic N) is 2. The smallest absolute Gasteiger partial charge is 0.310 e. The molecule has 0 spiro atoms. The fourth-order valence-corrected chi connectivity index (χ4v) is 2.98. The molecule has 0 aliphatic carbocycles. The molecular weight excluding hydrogens is 332 g/mol. The number of aromatic nitrogens is 1. The van der Waals surface area contributed by atoms with Crippen LogP contribution in [0.1, 0.15) is 31.0 Å².